The van der Waals surface area contributed by atoms with E-state index in [9.17, 15) is 4.79 Å². The summed E-state index contributed by atoms with van der Waals surface area (Å²) in [6.07, 6.45) is 2.57. The highest BCUT2D eigenvalue weighted by molar-refractivity contribution is 14.1. The van der Waals surface area contributed by atoms with E-state index >= 15 is 0 Å². The van der Waals surface area contributed by atoms with Gasteiger partial charge in [0.25, 0.3) is 5.56 Å². The van der Waals surface area contributed by atoms with Crippen LogP contribution in [0.5, 0.6) is 0 Å². The molecule has 2 N–H and O–H groups in total. The zero-order valence-electron chi connectivity index (χ0n) is 18.9. The highest BCUT2D eigenvalue weighted by atomic mass is 127. The first-order valence-corrected chi connectivity index (χ1v) is 12.5. The van der Waals surface area contributed by atoms with Crippen LogP contribution in [0.1, 0.15) is 28.4 Å². The smallest absolute Gasteiger partial charge is 0.251 e. The Hall–Kier alpha value is -3.01. The molecule has 3 aromatic carbocycles. The van der Waals surface area contributed by atoms with Gasteiger partial charge in [0.2, 0.25) is 0 Å². The van der Waals surface area contributed by atoms with Crippen molar-refractivity contribution in [2.75, 3.05) is 0 Å². The molecule has 0 saturated carbocycles. The fraction of sp³-hybridized carbons (Fsp3) is 0.148. The van der Waals surface area contributed by atoms with Gasteiger partial charge in [-0.1, -0.05) is 41.9 Å². The van der Waals surface area contributed by atoms with E-state index in [2.05, 4.69) is 69.2 Å². The number of aryl methyl sites for hydroxylation is 3. The molecule has 1 atom stereocenters. The Bertz CT molecular complexity index is 1630. The summed E-state index contributed by atoms with van der Waals surface area (Å²) in [6, 6.07) is 22.5. The van der Waals surface area contributed by atoms with Crippen molar-refractivity contribution in [2.24, 2.45) is 7.05 Å². The van der Waals surface area contributed by atoms with Crippen molar-refractivity contribution in [3.05, 3.63) is 115 Å². The highest BCUT2D eigenvalue weighted by Gasteiger charge is 2.26. The fourth-order valence-electron chi connectivity index (χ4n) is 5.04. The minimum Gasteiger partial charge on any atom is -0.412 e. The van der Waals surface area contributed by atoms with E-state index in [-0.39, 0.29) is 17.0 Å². The van der Waals surface area contributed by atoms with Crippen LogP contribution in [0.2, 0.25) is 5.02 Å². The molecule has 35 heavy (non-hydrogen) atoms. The topological polar surface area (TPSA) is 84.2 Å². The molecule has 0 bridgehead atoms. The van der Waals surface area contributed by atoms with Crippen molar-refractivity contribution in [3.8, 4) is 11.1 Å². The van der Waals surface area contributed by atoms with Crippen molar-refractivity contribution in [2.45, 2.75) is 18.9 Å². The van der Waals surface area contributed by atoms with Crippen molar-refractivity contribution in [1.29, 1.82) is 0 Å². The first-order chi connectivity index (χ1) is 16.5. The lowest BCUT2D eigenvalue weighted by Crippen LogP contribution is -2.17. The minimum atomic E-state index is -0.0849. The molecule has 0 saturated heterocycles. The van der Waals surface area contributed by atoms with Crippen molar-refractivity contribution < 1.29 is 5.48 Å². The predicted octanol–water partition coefficient (Wildman–Crippen LogP) is 4.97. The number of hydrogen-bond acceptors (Lipinski definition) is 3. The molecule has 1 aliphatic heterocycles. The van der Waals surface area contributed by atoms with Crippen molar-refractivity contribution in [3.63, 3.8) is 0 Å². The lowest BCUT2D eigenvalue weighted by Gasteiger charge is -2.20. The summed E-state index contributed by atoms with van der Waals surface area (Å²) in [6.45, 7) is 0.697. The van der Waals surface area contributed by atoms with Crippen LogP contribution in [-0.2, 0) is 20.0 Å². The number of rotatable bonds is 4. The Balaban J connectivity index is 0.00000253. The van der Waals surface area contributed by atoms with Gasteiger partial charge in [0.15, 0.2) is 0 Å². The Morgan fingerprint density at radius 1 is 1.03 bits per heavy atom. The summed E-state index contributed by atoms with van der Waals surface area (Å²) >= 11 is 8.64. The molecule has 176 valence electrons. The zero-order valence-corrected chi connectivity index (χ0v) is 21.8. The first kappa shape index (κ1) is 23.7. The third kappa shape index (κ3) is 4.07. The van der Waals surface area contributed by atoms with Gasteiger partial charge >= 0.3 is 0 Å². The number of aromatic nitrogens is 4. The van der Waals surface area contributed by atoms with E-state index in [4.69, 9.17) is 11.6 Å². The van der Waals surface area contributed by atoms with E-state index in [1.54, 1.807) is 12.4 Å². The maximum Gasteiger partial charge on any atom is 0.251 e. The van der Waals surface area contributed by atoms with Gasteiger partial charge in [-0.15, -0.1) is 10.2 Å². The van der Waals surface area contributed by atoms with Gasteiger partial charge < -0.3 is 14.6 Å². The molecular weight excluding hydrogens is 575 g/mol. The van der Waals surface area contributed by atoms with Crippen LogP contribution in [0.15, 0.2) is 77.9 Å². The largest absolute Gasteiger partial charge is 0.412 e. The standard InChI is InChI=1S/C27H20ClIN4O.H2O/c1-32-15-30-31-27(32)25(16-5-7-21(29)8-6-16)19-11-18-9-10-33-24(34)14-22(23(13-19)26(18)33)17-3-2-4-20(28)12-17;/h2-8,11-15,25H,9-10H2,1H3;1H2. The molecule has 8 heteroatoms. The molecule has 5 aromatic rings. The molecule has 0 amide bonds. The molecule has 1 aliphatic rings. The third-order valence-electron chi connectivity index (χ3n) is 6.59. The Morgan fingerprint density at radius 2 is 1.83 bits per heavy atom. The molecule has 1 unspecified atom stereocenters. The minimum absolute atomic E-state index is 0. The average molecular weight is 597 g/mol. The molecule has 0 fully saturated rings. The number of hydrogen-bond donors (Lipinski definition) is 0. The van der Waals surface area contributed by atoms with Crippen LogP contribution >= 0.6 is 34.2 Å². The Labute approximate surface area is 220 Å². The summed E-state index contributed by atoms with van der Waals surface area (Å²) in [4.78, 5) is 13.0. The third-order valence-corrected chi connectivity index (χ3v) is 7.54. The van der Waals surface area contributed by atoms with Gasteiger partial charge in [0, 0.05) is 33.6 Å². The summed E-state index contributed by atoms with van der Waals surface area (Å²) in [5, 5.41) is 10.4. The summed E-state index contributed by atoms with van der Waals surface area (Å²) < 4.78 is 5.05. The van der Waals surface area contributed by atoms with Crippen LogP contribution in [-0.4, -0.2) is 24.8 Å². The van der Waals surface area contributed by atoms with Crippen LogP contribution in [0.25, 0.3) is 22.0 Å². The second-order valence-corrected chi connectivity index (χ2v) is 10.4. The summed E-state index contributed by atoms with van der Waals surface area (Å²) in [5.74, 6) is 0.793. The molecule has 6 nitrogen and oxygen atoms in total. The van der Waals surface area contributed by atoms with Crippen molar-refractivity contribution >= 4 is 45.1 Å². The fourth-order valence-corrected chi connectivity index (χ4v) is 5.59. The predicted molar refractivity (Wildman–Crippen MR) is 147 cm³/mol. The van der Waals surface area contributed by atoms with Gasteiger partial charge in [0.05, 0.1) is 11.4 Å². The van der Waals surface area contributed by atoms with E-state index in [0.717, 1.165) is 45.4 Å². The molecule has 3 heterocycles. The molecule has 0 spiro atoms. The lowest BCUT2D eigenvalue weighted by molar-refractivity contribution is 0.741. The first-order valence-electron chi connectivity index (χ1n) is 11.1. The van der Waals surface area contributed by atoms with E-state index in [0.29, 0.717) is 11.6 Å². The quantitative estimate of drug-likeness (QED) is 0.275. The number of benzene rings is 3. The summed E-state index contributed by atoms with van der Waals surface area (Å²) in [7, 11) is 1.98. The Morgan fingerprint density at radius 3 is 2.54 bits per heavy atom. The van der Waals surface area contributed by atoms with Crippen LogP contribution < -0.4 is 5.56 Å². The monoisotopic (exact) mass is 596 g/mol. The second kappa shape index (κ2) is 9.22. The number of halogens is 2. The van der Waals surface area contributed by atoms with Gasteiger partial charge in [0.1, 0.15) is 12.2 Å². The lowest BCUT2D eigenvalue weighted by atomic mass is 9.87. The second-order valence-electron chi connectivity index (χ2n) is 8.67. The van der Waals surface area contributed by atoms with Crippen molar-refractivity contribution in [1.82, 2.24) is 19.3 Å². The van der Waals surface area contributed by atoms with E-state index < -0.39 is 0 Å². The molecule has 0 aliphatic carbocycles. The van der Waals surface area contributed by atoms with Gasteiger partial charge in [-0.3, -0.25) is 4.79 Å². The SMILES string of the molecule is Cn1cnnc1C(c1ccc(I)cc1)c1cc2c3c(c1)c(-c1cccc(Cl)c1)cc(=O)n3CC2.O. The van der Waals surface area contributed by atoms with E-state index in [1.165, 1.54) is 9.13 Å². The maximum absolute atomic E-state index is 13.0. The molecule has 0 radical (unpaired) electrons. The maximum atomic E-state index is 13.0. The molecule has 2 aromatic heterocycles. The highest BCUT2D eigenvalue weighted by Crippen LogP contribution is 2.39. The normalized spacial score (nSPS) is 13.1. The van der Waals surface area contributed by atoms with Gasteiger partial charge in [-0.05, 0) is 87.2 Å². The van der Waals surface area contributed by atoms with Gasteiger partial charge in [-0.2, -0.15) is 0 Å². The number of pyridine rings is 1. The number of nitrogens with zero attached hydrogens (tertiary/aromatic N) is 4. The van der Waals surface area contributed by atoms with Crippen LogP contribution in [0, 0.1) is 3.57 Å². The summed E-state index contributed by atoms with van der Waals surface area (Å²) in [5.41, 5.74) is 6.36. The van der Waals surface area contributed by atoms with Crippen LogP contribution in [0.3, 0.4) is 0 Å². The molecular formula is C27H22ClIN4O2. The molecule has 6 rings (SSSR count). The van der Waals surface area contributed by atoms with Crippen LogP contribution in [0.4, 0.5) is 0 Å². The van der Waals surface area contributed by atoms with E-state index in [1.807, 2.05) is 40.4 Å². The average Bonchev–Trinajstić information content (AvgIpc) is 3.45. The van der Waals surface area contributed by atoms with Gasteiger partial charge in [-0.25, -0.2) is 0 Å². The Kier molecular flexibility index (Phi) is 6.25. The zero-order chi connectivity index (χ0) is 23.4.